The van der Waals surface area contributed by atoms with E-state index >= 15 is 0 Å². The van der Waals surface area contributed by atoms with Gasteiger partial charge in [-0.15, -0.1) is 21.5 Å². The number of carbonyl (C=O) groups excluding carboxylic acids is 1. The Hall–Kier alpha value is -4.18. The Labute approximate surface area is 250 Å². The van der Waals surface area contributed by atoms with Crippen LogP contribution in [0.15, 0.2) is 96.2 Å². The summed E-state index contributed by atoms with van der Waals surface area (Å²) in [4.78, 5) is 17.7. The van der Waals surface area contributed by atoms with Gasteiger partial charge in [0.2, 0.25) is 5.91 Å². The number of aryl methyl sites for hydroxylation is 1. The molecule has 0 atom stereocenters. The van der Waals surface area contributed by atoms with Gasteiger partial charge < -0.3 is 10.1 Å². The molecule has 0 saturated carbocycles. The van der Waals surface area contributed by atoms with Gasteiger partial charge in [-0.1, -0.05) is 41.6 Å². The van der Waals surface area contributed by atoms with Crippen molar-refractivity contribution in [3.8, 4) is 33.4 Å². The van der Waals surface area contributed by atoms with Crippen molar-refractivity contribution in [2.75, 3.05) is 18.2 Å². The molecule has 0 spiro atoms. The van der Waals surface area contributed by atoms with E-state index in [4.69, 9.17) is 21.3 Å². The first-order valence-electron chi connectivity index (χ1n) is 12.7. The van der Waals surface area contributed by atoms with Crippen LogP contribution in [0.3, 0.4) is 0 Å². The molecule has 2 aromatic heterocycles. The topological polar surface area (TPSA) is 81.9 Å². The van der Waals surface area contributed by atoms with Gasteiger partial charge >= 0.3 is 0 Å². The molecule has 0 aliphatic heterocycles. The number of carbonyl (C=O) groups is 1. The van der Waals surface area contributed by atoms with Crippen molar-refractivity contribution in [3.05, 3.63) is 102 Å². The van der Waals surface area contributed by atoms with Crippen LogP contribution in [-0.4, -0.2) is 38.5 Å². The summed E-state index contributed by atoms with van der Waals surface area (Å²) in [5.74, 6) is 1.28. The van der Waals surface area contributed by atoms with Crippen LogP contribution in [-0.2, 0) is 4.79 Å². The highest BCUT2D eigenvalue weighted by atomic mass is 35.5. The number of aromatic nitrogens is 4. The minimum absolute atomic E-state index is 0.149. The average Bonchev–Trinajstić information content (AvgIpc) is 3.61. The molecule has 0 aliphatic rings. The fraction of sp³-hybridized carbons (Fsp3) is 0.0968. The molecule has 204 valence electrons. The van der Waals surface area contributed by atoms with Gasteiger partial charge in [0.15, 0.2) is 11.0 Å². The van der Waals surface area contributed by atoms with Crippen LogP contribution >= 0.6 is 34.7 Å². The number of hydrogen-bond acceptors (Lipinski definition) is 7. The van der Waals surface area contributed by atoms with Gasteiger partial charge in [0.05, 0.1) is 28.6 Å². The number of hydrogen-bond donors (Lipinski definition) is 1. The minimum Gasteiger partial charge on any atom is -0.496 e. The van der Waals surface area contributed by atoms with E-state index < -0.39 is 0 Å². The van der Waals surface area contributed by atoms with Crippen molar-refractivity contribution >= 4 is 56.5 Å². The number of thioether (sulfide) groups is 1. The number of fused-ring (bicyclic) bond motifs is 1. The predicted octanol–water partition coefficient (Wildman–Crippen LogP) is 7.91. The number of nitrogens with zero attached hydrogens (tertiary/aromatic N) is 4. The number of methoxy groups -OCH3 is 1. The molecule has 4 aromatic carbocycles. The second-order valence-electron chi connectivity index (χ2n) is 9.22. The highest BCUT2D eigenvalue weighted by Crippen LogP contribution is 2.34. The molecule has 10 heteroatoms. The van der Waals surface area contributed by atoms with Crippen LogP contribution in [0.1, 0.15) is 5.56 Å². The summed E-state index contributed by atoms with van der Waals surface area (Å²) >= 11 is 9.11. The van der Waals surface area contributed by atoms with Gasteiger partial charge in [-0.05, 0) is 85.3 Å². The summed E-state index contributed by atoms with van der Waals surface area (Å²) in [6, 6.07) is 29.0. The van der Waals surface area contributed by atoms with E-state index in [0.29, 0.717) is 27.4 Å². The molecule has 1 amide bonds. The maximum absolute atomic E-state index is 12.9. The molecule has 0 fully saturated rings. The second kappa shape index (κ2) is 11.7. The maximum atomic E-state index is 12.9. The predicted molar refractivity (Wildman–Crippen MR) is 168 cm³/mol. The highest BCUT2D eigenvalue weighted by Gasteiger charge is 2.20. The number of rotatable bonds is 8. The largest absolute Gasteiger partial charge is 0.496 e. The van der Waals surface area contributed by atoms with Crippen LogP contribution in [0, 0.1) is 6.92 Å². The Bertz CT molecular complexity index is 1850. The Kier molecular flexibility index (Phi) is 7.74. The van der Waals surface area contributed by atoms with Gasteiger partial charge in [-0.2, -0.15) is 0 Å². The lowest BCUT2D eigenvalue weighted by Crippen LogP contribution is -2.14. The van der Waals surface area contributed by atoms with Crippen molar-refractivity contribution in [2.24, 2.45) is 0 Å². The fourth-order valence-electron chi connectivity index (χ4n) is 4.37. The van der Waals surface area contributed by atoms with E-state index in [9.17, 15) is 4.79 Å². The van der Waals surface area contributed by atoms with Crippen LogP contribution in [0.25, 0.3) is 37.9 Å². The molecule has 6 aromatic rings. The molecule has 41 heavy (non-hydrogen) atoms. The Morgan fingerprint density at radius 1 is 1.00 bits per heavy atom. The van der Waals surface area contributed by atoms with Gasteiger partial charge in [0, 0.05) is 22.0 Å². The smallest absolute Gasteiger partial charge is 0.234 e. The van der Waals surface area contributed by atoms with Crippen LogP contribution in [0.5, 0.6) is 5.75 Å². The third-order valence-corrected chi connectivity index (χ3v) is 8.61. The summed E-state index contributed by atoms with van der Waals surface area (Å²) < 4.78 is 8.63. The number of amides is 1. The van der Waals surface area contributed by atoms with Crippen molar-refractivity contribution in [3.63, 3.8) is 0 Å². The Balaban J connectivity index is 1.19. The lowest BCUT2D eigenvalue weighted by molar-refractivity contribution is -0.113. The third kappa shape index (κ3) is 5.83. The SMILES string of the molecule is COc1ccccc1-c1nnc(SCC(=O)Nc2ccc(-c3nc4ccc(C)cc4s3)cc2)n1-c1ccc(Cl)cc1. The van der Waals surface area contributed by atoms with E-state index in [2.05, 4.69) is 34.6 Å². The van der Waals surface area contributed by atoms with Gasteiger partial charge in [-0.3, -0.25) is 9.36 Å². The van der Waals surface area contributed by atoms with Gasteiger partial charge in [0.25, 0.3) is 0 Å². The van der Waals surface area contributed by atoms with Crippen molar-refractivity contribution < 1.29 is 9.53 Å². The molecule has 0 radical (unpaired) electrons. The average molecular weight is 598 g/mol. The molecular formula is C31H24ClN5O2S2. The summed E-state index contributed by atoms with van der Waals surface area (Å²) in [5, 5.41) is 14.0. The third-order valence-electron chi connectivity index (χ3n) is 6.36. The molecule has 1 N–H and O–H groups in total. The summed E-state index contributed by atoms with van der Waals surface area (Å²) in [6.45, 7) is 2.08. The number of anilines is 1. The summed E-state index contributed by atoms with van der Waals surface area (Å²) in [7, 11) is 1.62. The molecule has 2 heterocycles. The van der Waals surface area contributed by atoms with Crippen molar-refractivity contribution in [1.82, 2.24) is 19.7 Å². The number of benzene rings is 4. The van der Waals surface area contributed by atoms with Crippen molar-refractivity contribution in [1.29, 1.82) is 0 Å². The Morgan fingerprint density at radius 3 is 2.56 bits per heavy atom. The normalized spacial score (nSPS) is 11.1. The van der Waals surface area contributed by atoms with Crippen molar-refractivity contribution in [2.45, 2.75) is 12.1 Å². The van der Waals surface area contributed by atoms with Crippen LogP contribution in [0.2, 0.25) is 5.02 Å². The van der Waals surface area contributed by atoms with Gasteiger partial charge in [0.1, 0.15) is 10.8 Å². The number of nitrogens with one attached hydrogen (secondary N) is 1. The number of halogens is 1. The van der Waals surface area contributed by atoms with Crippen LogP contribution < -0.4 is 10.1 Å². The lowest BCUT2D eigenvalue weighted by atomic mass is 10.2. The second-order valence-corrected chi connectivity index (χ2v) is 11.6. The first-order valence-corrected chi connectivity index (χ1v) is 14.9. The number of thiazole rings is 1. The molecule has 0 aliphatic carbocycles. The lowest BCUT2D eigenvalue weighted by Gasteiger charge is -2.12. The standard InChI is InChI=1S/C31H24ClN5O2S2/c1-19-7-16-25-27(17-19)41-30(34-25)20-8-12-22(13-9-20)33-28(38)18-40-31-36-35-29(24-5-3-4-6-26(24)39-2)37(31)23-14-10-21(32)11-15-23/h3-17H,18H2,1-2H3,(H,33,38). The molecule has 6 rings (SSSR count). The number of ether oxygens (including phenoxy) is 1. The first kappa shape index (κ1) is 27.0. The zero-order valence-corrected chi connectivity index (χ0v) is 24.6. The van der Waals surface area contributed by atoms with Crippen LogP contribution in [0.4, 0.5) is 5.69 Å². The summed E-state index contributed by atoms with van der Waals surface area (Å²) in [5.41, 5.74) is 5.54. The molecular weight excluding hydrogens is 574 g/mol. The van der Waals surface area contributed by atoms with Gasteiger partial charge in [-0.25, -0.2) is 4.98 Å². The molecule has 0 bridgehead atoms. The van der Waals surface area contributed by atoms with E-state index in [1.54, 1.807) is 18.4 Å². The molecule has 7 nitrogen and oxygen atoms in total. The quantitative estimate of drug-likeness (QED) is 0.180. The highest BCUT2D eigenvalue weighted by molar-refractivity contribution is 7.99. The van der Waals surface area contributed by atoms with E-state index in [1.807, 2.05) is 83.4 Å². The molecule has 0 saturated heterocycles. The number of para-hydroxylation sites is 1. The maximum Gasteiger partial charge on any atom is 0.234 e. The Morgan fingerprint density at radius 2 is 1.78 bits per heavy atom. The van der Waals surface area contributed by atoms with E-state index in [1.165, 1.54) is 17.3 Å². The summed E-state index contributed by atoms with van der Waals surface area (Å²) in [6.07, 6.45) is 0. The monoisotopic (exact) mass is 597 g/mol. The van der Waals surface area contributed by atoms with E-state index in [-0.39, 0.29) is 11.7 Å². The molecule has 0 unspecified atom stereocenters. The minimum atomic E-state index is -0.150. The zero-order valence-electron chi connectivity index (χ0n) is 22.2. The fourth-order valence-corrected chi connectivity index (χ4v) is 6.32. The zero-order chi connectivity index (χ0) is 28.3. The van der Waals surface area contributed by atoms with E-state index in [0.717, 1.165) is 32.0 Å². The first-order chi connectivity index (χ1) is 20.0.